The highest BCUT2D eigenvalue weighted by Crippen LogP contribution is 2.23. The molecule has 0 fully saturated rings. The maximum absolute atomic E-state index is 14.0. The number of hydrogen-bond donors (Lipinski definition) is 1. The van der Waals surface area contributed by atoms with E-state index in [4.69, 9.17) is 28.9 Å². The summed E-state index contributed by atoms with van der Waals surface area (Å²) in [5.41, 5.74) is 7.17. The zero-order valence-corrected chi connectivity index (χ0v) is 13.5. The lowest BCUT2D eigenvalue weighted by Crippen LogP contribution is -2.12. The van der Waals surface area contributed by atoms with Crippen LogP contribution in [-0.4, -0.2) is 20.4 Å². The van der Waals surface area contributed by atoms with Crippen LogP contribution in [0.25, 0.3) is 5.65 Å². The molecule has 2 heterocycles. The summed E-state index contributed by atoms with van der Waals surface area (Å²) in [5.74, 6) is -1.26. The van der Waals surface area contributed by atoms with Gasteiger partial charge >= 0.3 is 0 Å². The Morgan fingerprint density at radius 2 is 2.09 bits per heavy atom. The summed E-state index contributed by atoms with van der Waals surface area (Å²) in [6.07, 6.45) is 0. The first-order chi connectivity index (χ1) is 10.9. The van der Waals surface area contributed by atoms with Crippen molar-refractivity contribution in [3.63, 3.8) is 0 Å². The number of aromatic nitrogens is 3. The minimum Gasteiger partial charge on any atom is -0.326 e. The van der Waals surface area contributed by atoms with E-state index >= 15 is 0 Å². The highest BCUT2D eigenvalue weighted by Gasteiger charge is 2.23. The van der Waals surface area contributed by atoms with Crippen LogP contribution in [0.3, 0.4) is 0 Å². The van der Waals surface area contributed by atoms with E-state index in [-0.39, 0.29) is 28.0 Å². The Labute approximate surface area is 140 Å². The summed E-state index contributed by atoms with van der Waals surface area (Å²) in [5, 5.41) is 4.47. The Hall–Kier alpha value is -2.02. The van der Waals surface area contributed by atoms with E-state index < -0.39 is 11.6 Å². The zero-order chi connectivity index (χ0) is 16.7. The molecule has 3 rings (SSSR count). The number of ketones is 1. The van der Waals surface area contributed by atoms with Gasteiger partial charge in [0.2, 0.25) is 5.78 Å². The molecule has 0 aliphatic rings. The van der Waals surface area contributed by atoms with Crippen LogP contribution in [0.5, 0.6) is 0 Å². The number of hydrogen-bond acceptors (Lipinski definition) is 4. The van der Waals surface area contributed by atoms with E-state index in [0.29, 0.717) is 16.9 Å². The Morgan fingerprint density at radius 3 is 2.74 bits per heavy atom. The van der Waals surface area contributed by atoms with Crippen molar-refractivity contribution in [2.75, 3.05) is 0 Å². The molecule has 0 spiro atoms. The number of carbonyl (C=O) groups excluding carboxylic acids is 1. The number of rotatable bonds is 3. The third-order valence-electron chi connectivity index (χ3n) is 3.42. The molecule has 0 atom stereocenters. The van der Waals surface area contributed by atoms with Crippen molar-refractivity contribution in [3.8, 4) is 0 Å². The second-order valence-corrected chi connectivity index (χ2v) is 5.75. The standard InChI is InChI=1S/C15H11Cl2FN4O/c1-7-13(14(23)10-3-2-9(16)5-11(10)18)22-15(20-7)8(6-19)4-12(17)21-22/h2-5H,6,19H2,1H3. The van der Waals surface area contributed by atoms with Gasteiger partial charge in [0.25, 0.3) is 0 Å². The molecule has 5 nitrogen and oxygen atoms in total. The lowest BCUT2D eigenvalue weighted by atomic mass is 10.1. The van der Waals surface area contributed by atoms with Crippen molar-refractivity contribution >= 4 is 34.6 Å². The van der Waals surface area contributed by atoms with Gasteiger partial charge in [-0.1, -0.05) is 23.2 Å². The molecule has 2 N–H and O–H groups in total. The molecule has 0 unspecified atom stereocenters. The Bertz CT molecular complexity index is 939. The van der Waals surface area contributed by atoms with Crippen LogP contribution in [0.4, 0.5) is 4.39 Å². The fourth-order valence-corrected chi connectivity index (χ4v) is 2.73. The molecule has 0 saturated heterocycles. The maximum Gasteiger partial charge on any atom is 0.216 e. The minimum absolute atomic E-state index is 0.115. The lowest BCUT2D eigenvalue weighted by Gasteiger charge is -2.05. The van der Waals surface area contributed by atoms with Crippen LogP contribution in [0.15, 0.2) is 24.3 Å². The molecule has 23 heavy (non-hydrogen) atoms. The largest absolute Gasteiger partial charge is 0.326 e. The van der Waals surface area contributed by atoms with Gasteiger partial charge in [-0.3, -0.25) is 4.79 Å². The van der Waals surface area contributed by atoms with E-state index in [1.54, 1.807) is 13.0 Å². The summed E-state index contributed by atoms with van der Waals surface area (Å²) in [6, 6.07) is 5.44. The van der Waals surface area contributed by atoms with Crippen molar-refractivity contribution < 1.29 is 9.18 Å². The fraction of sp³-hybridized carbons (Fsp3) is 0.133. The Kier molecular flexibility index (Phi) is 4.06. The summed E-state index contributed by atoms with van der Waals surface area (Å²) >= 11 is 11.7. The number of nitrogens with two attached hydrogens (primary N) is 1. The fourth-order valence-electron chi connectivity index (χ4n) is 2.37. The van der Waals surface area contributed by atoms with E-state index in [0.717, 1.165) is 6.07 Å². The average Bonchev–Trinajstić information content (AvgIpc) is 2.81. The second kappa shape index (κ2) is 5.88. The van der Waals surface area contributed by atoms with Gasteiger partial charge in [-0.15, -0.1) is 0 Å². The molecule has 0 bridgehead atoms. The molecular formula is C15H11Cl2FN4O. The normalized spacial score (nSPS) is 11.2. The van der Waals surface area contributed by atoms with Gasteiger partial charge in [-0.2, -0.15) is 5.10 Å². The topological polar surface area (TPSA) is 73.3 Å². The minimum atomic E-state index is -0.710. The third kappa shape index (κ3) is 2.69. The Morgan fingerprint density at radius 1 is 1.35 bits per heavy atom. The first-order valence-corrected chi connectivity index (χ1v) is 7.42. The molecule has 2 aromatic heterocycles. The zero-order valence-electron chi connectivity index (χ0n) is 12.0. The Balaban J connectivity index is 2.25. The lowest BCUT2D eigenvalue weighted by molar-refractivity contribution is 0.102. The van der Waals surface area contributed by atoms with E-state index in [1.807, 2.05) is 0 Å². The maximum atomic E-state index is 14.0. The van der Waals surface area contributed by atoms with Crippen molar-refractivity contribution in [1.82, 2.24) is 14.6 Å². The first-order valence-electron chi connectivity index (χ1n) is 6.67. The van der Waals surface area contributed by atoms with Crippen LogP contribution < -0.4 is 5.73 Å². The number of benzene rings is 1. The van der Waals surface area contributed by atoms with Gasteiger partial charge in [0, 0.05) is 17.1 Å². The smallest absolute Gasteiger partial charge is 0.216 e. The molecule has 3 aromatic rings. The predicted molar refractivity (Wildman–Crippen MR) is 85.5 cm³/mol. The van der Waals surface area contributed by atoms with Crippen molar-refractivity contribution in [2.24, 2.45) is 5.73 Å². The number of aryl methyl sites for hydroxylation is 1. The van der Waals surface area contributed by atoms with Crippen LogP contribution in [0.1, 0.15) is 27.3 Å². The van der Waals surface area contributed by atoms with E-state index in [1.165, 1.54) is 16.6 Å². The van der Waals surface area contributed by atoms with E-state index in [2.05, 4.69) is 10.1 Å². The van der Waals surface area contributed by atoms with Crippen LogP contribution in [0, 0.1) is 12.7 Å². The summed E-state index contributed by atoms with van der Waals surface area (Å²) in [4.78, 5) is 17.0. The number of nitrogens with zero attached hydrogens (tertiary/aromatic N) is 3. The molecule has 1 aromatic carbocycles. The van der Waals surface area contributed by atoms with Gasteiger partial charge in [0.15, 0.2) is 10.8 Å². The van der Waals surface area contributed by atoms with Gasteiger partial charge in [-0.05, 0) is 31.2 Å². The van der Waals surface area contributed by atoms with E-state index in [9.17, 15) is 9.18 Å². The molecular weight excluding hydrogens is 342 g/mol. The molecule has 118 valence electrons. The molecule has 0 saturated carbocycles. The molecule has 0 aliphatic carbocycles. The van der Waals surface area contributed by atoms with Crippen LogP contribution >= 0.6 is 23.2 Å². The van der Waals surface area contributed by atoms with Gasteiger partial charge < -0.3 is 5.73 Å². The summed E-state index contributed by atoms with van der Waals surface area (Å²) in [7, 11) is 0. The second-order valence-electron chi connectivity index (χ2n) is 4.93. The number of imidazole rings is 1. The quantitative estimate of drug-likeness (QED) is 0.734. The monoisotopic (exact) mass is 352 g/mol. The van der Waals surface area contributed by atoms with Crippen molar-refractivity contribution in [3.05, 3.63) is 62.8 Å². The van der Waals surface area contributed by atoms with Crippen LogP contribution in [-0.2, 0) is 6.54 Å². The van der Waals surface area contributed by atoms with Gasteiger partial charge in [0.1, 0.15) is 11.5 Å². The SMILES string of the molecule is Cc1nc2c(CN)cc(Cl)nn2c1C(=O)c1ccc(Cl)cc1F. The molecule has 0 aliphatic heterocycles. The highest BCUT2D eigenvalue weighted by molar-refractivity contribution is 6.30. The molecule has 8 heteroatoms. The van der Waals surface area contributed by atoms with Gasteiger partial charge in [-0.25, -0.2) is 13.9 Å². The number of halogens is 3. The molecule has 0 radical (unpaired) electrons. The summed E-state index contributed by atoms with van der Waals surface area (Å²) < 4.78 is 15.3. The van der Waals surface area contributed by atoms with Crippen LogP contribution in [0.2, 0.25) is 10.2 Å². The highest BCUT2D eigenvalue weighted by atomic mass is 35.5. The van der Waals surface area contributed by atoms with Crippen molar-refractivity contribution in [1.29, 1.82) is 0 Å². The van der Waals surface area contributed by atoms with Gasteiger partial charge in [0.05, 0.1) is 11.3 Å². The molecule has 0 amide bonds. The predicted octanol–water partition coefficient (Wildman–Crippen LogP) is 3.17. The number of carbonyl (C=O) groups is 1. The average molecular weight is 353 g/mol. The summed E-state index contributed by atoms with van der Waals surface area (Å²) in [6.45, 7) is 1.83. The van der Waals surface area contributed by atoms with Crippen molar-refractivity contribution in [2.45, 2.75) is 13.5 Å². The third-order valence-corrected chi connectivity index (χ3v) is 3.84. The first kappa shape index (κ1) is 15.9. The number of fused-ring (bicyclic) bond motifs is 1.